The molecule has 0 rings (SSSR count). The Morgan fingerprint density at radius 3 is 2.35 bits per heavy atom. The average molecular weight is 265 g/mol. The predicted octanol–water partition coefficient (Wildman–Crippen LogP) is -0.585. The van der Waals surface area contributed by atoms with E-state index in [1.165, 1.54) is 0 Å². The molecule has 17 heavy (non-hydrogen) atoms. The molecule has 0 aromatic heterocycles. The third-order valence-electron chi connectivity index (χ3n) is 2.38. The SMILES string of the molecule is CCS(=O)(=O)NCCCNC(=O)[C@@H](N)C(C)C. The first-order valence-corrected chi connectivity index (χ1v) is 7.46. The number of nitrogens with two attached hydrogens (primary N) is 1. The molecule has 6 nitrogen and oxygen atoms in total. The van der Waals surface area contributed by atoms with E-state index >= 15 is 0 Å². The van der Waals surface area contributed by atoms with Crippen LogP contribution in [0.2, 0.25) is 0 Å². The van der Waals surface area contributed by atoms with Crippen LogP contribution in [0.25, 0.3) is 0 Å². The van der Waals surface area contributed by atoms with Gasteiger partial charge in [-0.3, -0.25) is 4.79 Å². The second-order valence-corrected chi connectivity index (χ2v) is 6.31. The van der Waals surface area contributed by atoms with Crippen LogP contribution in [-0.2, 0) is 14.8 Å². The lowest BCUT2D eigenvalue weighted by molar-refractivity contribution is -0.123. The average Bonchev–Trinajstić information content (AvgIpc) is 2.27. The van der Waals surface area contributed by atoms with Crippen molar-refractivity contribution in [2.75, 3.05) is 18.8 Å². The zero-order valence-corrected chi connectivity index (χ0v) is 11.5. The number of nitrogens with one attached hydrogen (secondary N) is 2. The summed E-state index contributed by atoms with van der Waals surface area (Å²) in [5.74, 6) is -0.0376. The molecular weight excluding hydrogens is 242 g/mol. The lowest BCUT2D eigenvalue weighted by Gasteiger charge is -2.15. The summed E-state index contributed by atoms with van der Waals surface area (Å²) in [5, 5.41) is 2.67. The van der Waals surface area contributed by atoms with E-state index in [-0.39, 0.29) is 17.6 Å². The highest BCUT2D eigenvalue weighted by Gasteiger charge is 2.16. The maximum atomic E-state index is 11.4. The van der Waals surface area contributed by atoms with Crippen LogP contribution in [0.5, 0.6) is 0 Å². The van der Waals surface area contributed by atoms with Gasteiger partial charge in [0.1, 0.15) is 0 Å². The van der Waals surface area contributed by atoms with Gasteiger partial charge in [0.15, 0.2) is 0 Å². The summed E-state index contributed by atoms with van der Waals surface area (Å²) in [5.41, 5.74) is 5.64. The highest BCUT2D eigenvalue weighted by Crippen LogP contribution is 1.97. The summed E-state index contributed by atoms with van der Waals surface area (Å²) >= 11 is 0. The molecule has 0 saturated heterocycles. The molecule has 0 aliphatic heterocycles. The molecule has 0 aromatic carbocycles. The standard InChI is InChI=1S/C10H23N3O3S/c1-4-17(15,16)13-7-5-6-12-10(14)9(11)8(2)3/h8-9,13H,4-7,11H2,1-3H3,(H,12,14)/t9-/m0/s1. The Balaban J connectivity index is 3.69. The van der Waals surface area contributed by atoms with Gasteiger partial charge in [0.25, 0.3) is 0 Å². The number of carbonyl (C=O) groups is 1. The van der Waals surface area contributed by atoms with Crippen molar-refractivity contribution >= 4 is 15.9 Å². The summed E-state index contributed by atoms with van der Waals surface area (Å²) in [6, 6.07) is -0.512. The minimum atomic E-state index is -3.14. The van der Waals surface area contributed by atoms with Gasteiger partial charge in [0.05, 0.1) is 11.8 Å². The van der Waals surface area contributed by atoms with Crippen molar-refractivity contribution < 1.29 is 13.2 Å². The molecule has 0 fully saturated rings. The van der Waals surface area contributed by atoms with Crippen LogP contribution < -0.4 is 15.8 Å². The third-order valence-corrected chi connectivity index (χ3v) is 3.78. The number of hydrogen-bond donors (Lipinski definition) is 3. The summed E-state index contributed by atoms with van der Waals surface area (Å²) < 4.78 is 24.6. The van der Waals surface area contributed by atoms with Crippen LogP contribution in [0.1, 0.15) is 27.2 Å². The van der Waals surface area contributed by atoms with Gasteiger partial charge in [-0.25, -0.2) is 13.1 Å². The Morgan fingerprint density at radius 1 is 1.29 bits per heavy atom. The van der Waals surface area contributed by atoms with Crippen molar-refractivity contribution in [3.8, 4) is 0 Å². The van der Waals surface area contributed by atoms with Crippen LogP contribution in [0.4, 0.5) is 0 Å². The first-order chi connectivity index (χ1) is 7.80. The summed E-state index contributed by atoms with van der Waals surface area (Å²) in [6.45, 7) is 6.07. The first kappa shape index (κ1) is 16.3. The van der Waals surface area contributed by atoms with Gasteiger partial charge in [-0.05, 0) is 19.3 Å². The van der Waals surface area contributed by atoms with Crippen molar-refractivity contribution in [2.45, 2.75) is 33.2 Å². The van der Waals surface area contributed by atoms with E-state index in [0.29, 0.717) is 19.5 Å². The highest BCUT2D eigenvalue weighted by atomic mass is 32.2. The maximum Gasteiger partial charge on any atom is 0.237 e. The van der Waals surface area contributed by atoms with Gasteiger partial charge < -0.3 is 11.1 Å². The molecule has 0 radical (unpaired) electrons. The minimum absolute atomic E-state index is 0.0670. The number of carbonyl (C=O) groups excluding carboxylic acids is 1. The molecule has 1 atom stereocenters. The van der Waals surface area contributed by atoms with Gasteiger partial charge in [-0.15, -0.1) is 0 Å². The fraction of sp³-hybridized carbons (Fsp3) is 0.900. The Labute approximate surface area is 103 Å². The molecule has 0 saturated carbocycles. The molecule has 0 unspecified atom stereocenters. The Bertz CT molecular complexity index is 328. The van der Waals surface area contributed by atoms with E-state index in [1.807, 2.05) is 13.8 Å². The molecule has 4 N–H and O–H groups in total. The first-order valence-electron chi connectivity index (χ1n) is 5.80. The molecule has 7 heteroatoms. The van der Waals surface area contributed by atoms with Crippen LogP contribution in [0, 0.1) is 5.92 Å². The molecule has 0 bridgehead atoms. The van der Waals surface area contributed by atoms with E-state index in [1.54, 1.807) is 6.92 Å². The second-order valence-electron chi connectivity index (χ2n) is 4.21. The quantitative estimate of drug-likeness (QED) is 0.511. The van der Waals surface area contributed by atoms with Crippen LogP contribution in [0.15, 0.2) is 0 Å². The van der Waals surface area contributed by atoms with Crippen molar-refractivity contribution in [2.24, 2.45) is 11.7 Å². The van der Waals surface area contributed by atoms with Crippen molar-refractivity contribution in [3.63, 3.8) is 0 Å². The van der Waals surface area contributed by atoms with Gasteiger partial charge in [-0.1, -0.05) is 13.8 Å². The Hall–Kier alpha value is -0.660. The molecule has 0 aliphatic carbocycles. The molecule has 0 heterocycles. The van der Waals surface area contributed by atoms with Crippen molar-refractivity contribution in [1.29, 1.82) is 0 Å². The normalized spacial score (nSPS) is 13.7. The Morgan fingerprint density at radius 2 is 1.88 bits per heavy atom. The second kappa shape index (κ2) is 7.62. The fourth-order valence-electron chi connectivity index (χ4n) is 1.05. The summed E-state index contributed by atoms with van der Waals surface area (Å²) in [6.07, 6.45) is 0.551. The zero-order chi connectivity index (χ0) is 13.5. The third kappa shape index (κ3) is 7.30. The van der Waals surface area contributed by atoms with Crippen molar-refractivity contribution in [1.82, 2.24) is 10.0 Å². The lowest BCUT2D eigenvalue weighted by Crippen LogP contribution is -2.44. The smallest absolute Gasteiger partial charge is 0.237 e. The maximum absolute atomic E-state index is 11.4. The fourth-order valence-corrected chi connectivity index (χ4v) is 1.71. The van der Waals surface area contributed by atoms with Crippen molar-refractivity contribution in [3.05, 3.63) is 0 Å². The summed E-state index contributed by atoms with van der Waals surface area (Å²) in [7, 11) is -3.14. The molecule has 1 amide bonds. The monoisotopic (exact) mass is 265 g/mol. The predicted molar refractivity (Wildman–Crippen MR) is 67.9 cm³/mol. The number of sulfonamides is 1. The van der Waals surface area contributed by atoms with E-state index in [4.69, 9.17) is 5.73 Å². The van der Waals surface area contributed by atoms with Crippen LogP contribution in [0.3, 0.4) is 0 Å². The van der Waals surface area contributed by atoms with Gasteiger partial charge in [-0.2, -0.15) is 0 Å². The van der Waals surface area contributed by atoms with Gasteiger partial charge >= 0.3 is 0 Å². The van der Waals surface area contributed by atoms with E-state index in [0.717, 1.165) is 0 Å². The van der Waals surface area contributed by atoms with Gasteiger partial charge in [0.2, 0.25) is 15.9 Å². The van der Waals surface area contributed by atoms with E-state index in [9.17, 15) is 13.2 Å². The lowest BCUT2D eigenvalue weighted by atomic mass is 10.1. The number of hydrogen-bond acceptors (Lipinski definition) is 4. The van der Waals surface area contributed by atoms with Crippen LogP contribution >= 0.6 is 0 Å². The van der Waals surface area contributed by atoms with Gasteiger partial charge in [0, 0.05) is 13.1 Å². The molecule has 102 valence electrons. The largest absolute Gasteiger partial charge is 0.355 e. The topological polar surface area (TPSA) is 101 Å². The van der Waals surface area contributed by atoms with E-state index < -0.39 is 16.1 Å². The number of rotatable bonds is 8. The number of amides is 1. The zero-order valence-electron chi connectivity index (χ0n) is 10.7. The van der Waals surface area contributed by atoms with Crippen LogP contribution in [-0.4, -0.2) is 39.2 Å². The minimum Gasteiger partial charge on any atom is -0.355 e. The Kier molecular flexibility index (Phi) is 7.33. The summed E-state index contributed by atoms with van der Waals surface area (Å²) in [4.78, 5) is 11.4. The highest BCUT2D eigenvalue weighted by molar-refractivity contribution is 7.89. The molecular formula is C10H23N3O3S. The molecule has 0 aliphatic rings. The molecule has 0 spiro atoms. The molecule has 0 aromatic rings. The van der Waals surface area contributed by atoms with E-state index in [2.05, 4.69) is 10.0 Å².